The number of hydrogen-bond donors (Lipinski definition) is 0. The van der Waals surface area contributed by atoms with Crippen LogP contribution in [0.3, 0.4) is 0 Å². The van der Waals surface area contributed by atoms with Gasteiger partial charge in [-0.2, -0.15) is 6.67 Å². The average molecular weight is 744 g/mol. The number of likely N-dealkylation sites (N-methyl/N-ethyl adjacent to an activating group) is 1. The van der Waals surface area contributed by atoms with Crippen molar-refractivity contribution in [2.45, 2.75) is 61.5 Å². The Balaban J connectivity index is 0.000000246. The molecule has 1 saturated heterocycles. The number of ether oxygens (including phenoxy) is 1. The van der Waals surface area contributed by atoms with Gasteiger partial charge in [0.2, 0.25) is 0 Å². The van der Waals surface area contributed by atoms with Crippen molar-refractivity contribution in [1.82, 2.24) is 0 Å². The van der Waals surface area contributed by atoms with Gasteiger partial charge in [-0.05, 0) is 63.8 Å². The van der Waals surface area contributed by atoms with Crippen LogP contribution >= 0.6 is 19.4 Å². The van der Waals surface area contributed by atoms with Gasteiger partial charge in [0.1, 0.15) is 0 Å². The van der Waals surface area contributed by atoms with E-state index in [-0.39, 0.29) is 24.3 Å². The third-order valence-electron chi connectivity index (χ3n) is 7.26. The van der Waals surface area contributed by atoms with Gasteiger partial charge < -0.3 is 9.80 Å². The number of carbonyl (C=O) groups excluding carboxylic acids is 1. The van der Waals surface area contributed by atoms with Crippen molar-refractivity contribution >= 4 is 52.7 Å². The molecule has 1 aliphatic rings. The molecule has 0 spiro atoms. The zero-order valence-electron chi connectivity index (χ0n) is 27.4. The number of rotatable bonds is 8. The molecule has 45 heavy (non-hydrogen) atoms. The fourth-order valence-electron chi connectivity index (χ4n) is 5.84. The molecule has 0 saturated carbocycles. The van der Waals surface area contributed by atoms with Gasteiger partial charge in [0.15, 0.2) is 0 Å². The molecule has 1 aliphatic heterocycles. The summed E-state index contributed by atoms with van der Waals surface area (Å²) in [6, 6.07) is 13.4. The van der Waals surface area contributed by atoms with Gasteiger partial charge in [0.05, 0.1) is 0 Å². The van der Waals surface area contributed by atoms with Crippen LogP contribution in [0.25, 0.3) is 0 Å². The molecule has 1 fully saturated rings. The van der Waals surface area contributed by atoms with Crippen LogP contribution in [0.1, 0.15) is 52.8 Å². The molecule has 246 valence electrons. The maximum atomic E-state index is 11.7. The SMILES string of the molecule is CC(C)OC(=O)CN(C)c1ccc([N+](=O)[O-])cc1[CH]=[Ru]([Cl])[Cl].Cc1cc(C)c(N2[CH-]N(c3c(C)cc(C)cc3C)CC2)c(C)c1. The van der Waals surface area contributed by atoms with Gasteiger partial charge in [-0.1, -0.05) is 35.4 Å². The third kappa shape index (κ3) is 9.99. The molecule has 0 radical (unpaired) electrons. The Morgan fingerprint density at radius 1 is 0.956 bits per heavy atom. The Hall–Kier alpha value is -3.00. The number of aryl methyl sites for hydroxylation is 6. The number of halogens is 2. The topological polar surface area (TPSA) is 79.2 Å². The van der Waals surface area contributed by atoms with Crippen LogP contribution in [-0.4, -0.2) is 48.3 Å². The maximum absolute atomic E-state index is 11.7. The molecule has 0 aromatic heterocycles. The largest absolute Gasteiger partial charge is 0.502 e. The minimum Gasteiger partial charge on any atom is -0.502 e. The summed E-state index contributed by atoms with van der Waals surface area (Å²) in [7, 11) is 13.4. The van der Waals surface area contributed by atoms with Crippen LogP contribution < -0.4 is 14.7 Å². The van der Waals surface area contributed by atoms with Crippen LogP contribution in [0.15, 0.2) is 42.5 Å². The molecule has 0 N–H and O–H groups in total. The van der Waals surface area contributed by atoms with Gasteiger partial charge in [0, 0.05) is 24.5 Å². The number of anilines is 3. The standard InChI is InChI=1S/C21H27N2.C13H16N2O4.2ClH.Ru/c1-14-9-16(3)20(17(4)10-14)22-7-8-23(13-22)21-18(5)11-15(2)12-19(21)6;1-9(2)19-13(16)8-14(4)12-6-5-11(15(17)18)7-10(12)3;;;/h9-13H,7-8H2,1-6H3;3,5-7,9H,8H2,1-2,4H3;2*1H;/q-1;;;;+2/p-2. The Morgan fingerprint density at radius 3 is 1.82 bits per heavy atom. The summed E-state index contributed by atoms with van der Waals surface area (Å²) in [5, 5.41) is 10.9. The number of benzene rings is 3. The van der Waals surface area contributed by atoms with Crippen molar-refractivity contribution in [3.63, 3.8) is 0 Å². The van der Waals surface area contributed by atoms with Crippen molar-refractivity contribution < 1.29 is 28.0 Å². The summed E-state index contributed by atoms with van der Waals surface area (Å²) in [6.45, 7) is 21.1. The Labute approximate surface area is 280 Å². The first-order valence-corrected chi connectivity index (χ1v) is 20.1. The first-order valence-electron chi connectivity index (χ1n) is 14.6. The van der Waals surface area contributed by atoms with Gasteiger partial charge in [-0.15, -0.1) is 0 Å². The molecule has 3 aromatic carbocycles. The van der Waals surface area contributed by atoms with Crippen LogP contribution in [0.5, 0.6) is 0 Å². The van der Waals surface area contributed by atoms with Crippen molar-refractivity contribution in [3.05, 3.63) is 98.2 Å². The second-order valence-corrected chi connectivity index (χ2v) is 17.4. The normalized spacial score (nSPS) is 12.9. The van der Waals surface area contributed by atoms with Crippen molar-refractivity contribution in [3.8, 4) is 0 Å². The molecule has 0 atom stereocenters. The maximum Gasteiger partial charge on any atom is 0.0146 e. The summed E-state index contributed by atoms with van der Waals surface area (Å²) >= 11 is -2.17. The molecule has 3 aromatic rings. The van der Waals surface area contributed by atoms with Crippen molar-refractivity contribution in [1.29, 1.82) is 0 Å². The van der Waals surface area contributed by atoms with Gasteiger partial charge in [0.25, 0.3) is 0 Å². The van der Waals surface area contributed by atoms with E-state index in [1.54, 1.807) is 36.5 Å². The number of esters is 1. The minimum atomic E-state index is -2.17. The smallest absolute Gasteiger partial charge is 0.0146 e. The molecule has 1 heterocycles. The first-order chi connectivity index (χ1) is 21.1. The molecular weight excluding hydrogens is 700 g/mol. The second kappa shape index (κ2) is 16.0. The van der Waals surface area contributed by atoms with E-state index in [1.807, 2.05) is 0 Å². The van der Waals surface area contributed by atoms with E-state index in [4.69, 9.17) is 24.1 Å². The average Bonchev–Trinajstić information content (AvgIpc) is 3.35. The van der Waals surface area contributed by atoms with Gasteiger partial charge in [-0.3, -0.25) is 0 Å². The summed E-state index contributed by atoms with van der Waals surface area (Å²) < 4.78 is 6.69. The number of carbonyl (C=O) groups is 1. The fourth-order valence-corrected chi connectivity index (χ4v) is 7.63. The van der Waals surface area contributed by atoms with E-state index in [0.717, 1.165) is 13.1 Å². The van der Waals surface area contributed by atoms with Crippen LogP contribution in [-0.2, 0) is 23.0 Å². The van der Waals surface area contributed by atoms with E-state index >= 15 is 0 Å². The molecule has 0 aliphatic carbocycles. The zero-order valence-corrected chi connectivity index (χ0v) is 30.7. The molecule has 0 unspecified atom stereocenters. The molecule has 8 nitrogen and oxygen atoms in total. The van der Waals surface area contributed by atoms with E-state index in [1.165, 1.54) is 56.9 Å². The van der Waals surface area contributed by atoms with E-state index in [0.29, 0.717) is 11.3 Å². The Bertz CT molecular complexity index is 1480. The fraction of sp³-hybridized carbons (Fsp3) is 0.382. The number of nitrogens with zero attached hydrogens (tertiary/aromatic N) is 4. The van der Waals surface area contributed by atoms with Gasteiger partial charge >= 0.3 is 142 Å². The summed E-state index contributed by atoms with van der Waals surface area (Å²) in [5.74, 6) is -0.382. The zero-order chi connectivity index (χ0) is 33.6. The number of nitro benzene ring substituents is 1. The number of nitro groups is 1. The summed E-state index contributed by atoms with van der Waals surface area (Å²) in [6.07, 6.45) is -0.202. The molecule has 4 rings (SSSR count). The molecule has 0 amide bonds. The molecular formula is C34H43Cl2N4O4Ru-. The predicted molar refractivity (Wildman–Crippen MR) is 185 cm³/mol. The quantitative estimate of drug-likeness (QED) is 0.0760. The van der Waals surface area contributed by atoms with Crippen molar-refractivity contribution in [2.24, 2.45) is 0 Å². The van der Waals surface area contributed by atoms with E-state index in [2.05, 4.69) is 82.3 Å². The monoisotopic (exact) mass is 743 g/mol. The Morgan fingerprint density at radius 2 is 1.42 bits per heavy atom. The Kier molecular flexibility index (Phi) is 13.0. The third-order valence-corrected chi connectivity index (χ3v) is 9.09. The first kappa shape index (κ1) is 36.5. The predicted octanol–water partition coefficient (Wildman–Crippen LogP) is 8.04. The number of hydrogen-bond acceptors (Lipinski definition) is 7. The summed E-state index contributed by atoms with van der Waals surface area (Å²) in [5.41, 5.74) is 11.9. The van der Waals surface area contributed by atoms with Crippen LogP contribution in [0, 0.1) is 58.3 Å². The number of non-ortho nitro benzene ring substituents is 1. The van der Waals surface area contributed by atoms with Crippen LogP contribution in [0.4, 0.5) is 22.7 Å². The minimum absolute atomic E-state index is 0.0219. The van der Waals surface area contributed by atoms with Crippen LogP contribution in [0.2, 0.25) is 0 Å². The molecule has 0 bridgehead atoms. The second-order valence-electron chi connectivity index (χ2n) is 11.7. The van der Waals surface area contributed by atoms with Gasteiger partial charge in [-0.25, -0.2) is 0 Å². The molecule has 11 heteroatoms. The van der Waals surface area contributed by atoms with E-state index in [9.17, 15) is 14.9 Å². The van der Waals surface area contributed by atoms with E-state index < -0.39 is 18.4 Å². The van der Waals surface area contributed by atoms with Crippen molar-refractivity contribution in [2.75, 3.05) is 41.4 Å². The summed E-state index contributed by atoms with van der Waals surface area (Å²) in [4.78, 5) is 28.6.